The van der Waals surface area contributed by atoms with Crippen molar-refractivity contribution < 1.29 is 0 Å². The average molecular weight is 963 g/mol. The fraction of sp³-hybridized carbons (Fsp3) is 0.171. The van der Waals surface area contributed by atoms with E-state index in [1.807, 2.05) is 0 Å². The van der Waals surface area contributed by atoms with Crippen LogP contribution < -0.4 is 16.4 Å². The summed E-state index contributed by atoms with van der Waals surface area (Å²) in [5.74, 6) is 1.78. The minimum atomic E-state index is 0.0159. The van der Waals surface area contributed by atoms with Gasteiger partial charge in [-0.3, -0.25) is 0 Å². The zero-order valence-electron chi connectivity index (χ0n) is 42.1. The predicted octanol–water partition coefficient (Wildman–Crippen LogP) is 16.2. The first-order valence-electron chi connectivity index (χ1n) is 27.7. The van der Waals surface area contributed by atoms with E-state index in [0.717, 1.165) is 33.9 Å². The SMILES string of the molecule is c1ccc(-c2ccc3c(c2)c2c(C4CCCCC4)ccc4c2n3-c2cc(-c3nc(-c5ccccc5)cc(-c5ccccc5)n3)cc3c2B4c2ccc(C4CCCCC4)c4c5cc(-c6ccccc6)ccc5n-3c24)cc1. The van der Waals surface area contributed by atoms with Gasteiger partial charge in [0.15, 0.2) is 5.82 Å². The summed E-state index contributed by atoms with van der Waals surface area (Å²) in [5.41, 5.74) is 24.9. The molecule has 358 valence electrons. The van der Waals surface area contributed by atoms with Crippen LogP contribution in [0.3, 0.4) is 0 Å². The molecule has 0 spiro atoms. The van der Waals surface area contributed by atoms with Gasteiger partial charge in [-0.25, -0.2) is 9.97 Å². The summed E-state index contributed by atoms with van der Waals surface area (Å²) < 4.78 is 5.35. The van der Waals surface area contributed by atoms with Crippen LogP contribution in [0.2, 0.25) is 0 Å². The Hall–Kier alpha value is -8.28. The molecule has 0 unspecified atom stereocenters. The van der Waals surface area contributed by atoms with Gasteiger partial charge in [0.2, 0.25) is 0 Å². The highest BCUT2D eigenvalue weighted by Gasteiger charge is 2.43. The van der Waals surface area contributed by atoms with E-state index in [9.17, 15) is 0 Å². The van der Waals surface area contributed by atoms with E-state index < -0.39 is 0 Å². The van der Waals surface area contributed by atoms with Gasteiger partial charge in [0.25, 0.3) is 6.71 Å². The maximum atomic E-state index is 5.56. The van der Waals surface area contributed by atoms with E-state index in [1.54, 1.807) is 0 Å². The van der Waals surface area contributed by atoms with Gasteiger partial charge < -0.3 is 9.13 Å². The van der Waals surface area contributed by atoms with E-state index in [1.165, 1.54) is 169 Å². The van der Waals surface area contributed by atoms with Gasteiger partial charge in [-0.15, -0.1) is 0 Å². The zero-order valence-corrected chi connectivity index (χ0v) is 42.1. The molecule has 0 atom stereocenters. The average Bonchev–Trinajstić information content (AvgIpc) is 4.05. The molecule has 5 heteroatoms. The number of fused-ring (bicyclic) bond motifs is 10. The highest BCUT2D eigenvalue weighted by molar-refractivity contribution is 7.00. The summed E-state index contributed by atoms with van der Waals surface area (Å²) in [6, 6.07) is 75.2. The van der Waals surface area contributed by atoms with Crippen molar-refractivity contribution >= 4 is 66.7 Å². The van der Waals surface area contributed by atoms with E-state index in [4.69, 9.17) is 9.97 Å². The summed E-state index contributed by atoms with van der Waals surface area (Å²) >= 11 is 0. The minimum Gasteiger partial charge on any atom is -0.310 e. The normalized spacial score (nSPS) is 15.3. The second-order valence-corrected chi connectivity index (χ2v) is 22.0. The Morgan fingerprint density at radius 3 is 1.20 bits per heavy atom. The van der Waals surface area contributed by atoms with Gasteiger partial charge in [-0.1, -0.05) is 196 Å². The summed E-state index contributed by atoms with van der Waals surface area (Å²) in [5, 5.41) is 5.56. The van der Waals surface area contributed by atoms with Crippen LogP contribution in [0.15, 0.2) is 200 Å². The molecule has 0 bridgehead atoms. The molecular weight excluding hydrogens is 908 g/mol. The van der Waals surface area contributed by atoms with Crippen LogP contribution in [0, 0.1) is 0 Å². The lowest BCUT2D eigenvalue weighted by Crippen LogP contribution is -2.59. The van der Waals surface area contributed by atoms with Crippen molar-refractivity contribution in [3.8, 4) is 67.5 Å². The number of benzene rings is 9. The van der Waals surface area contributed by atoms with Gasteiger partial charge >= 0.3 is 0 Å². The topological polar surface area (TPSA) is 35.6 Å². The number of hydrogen-bond acceptors (Lipinski definition) is 2. The molecule has 0 N–H and O–H groups in total. The number of rotatable bonds is 7. The largest absolute Gasteiger partial charge is 0.310 e. The molecule has 2 aliphatic heterocycles. The standard InChI is InChI=1S/C70H55BN4/c1-7-19-44(20-8-1)50-31-37-61-55(39-50)65-53(46-23-11-3-12-24-46)33-35-57-68(65)74(61)63-41-52(70-72-59(48-27-15-5-16-28-48)43-60(73-70)49-29-17-6-18-30-49)42-64-67(63)71(57)58-36-34-54(47-25-13-4-14-26-47)66-56-40-51(45-21-9-2-10-22-45)32-38-62(56)75(64)69(58)66/h1-2,5-10,15-22,27-43,46-47H,3-4,11-14,23-26H2. The molecule has 2 saturated carbocycles. The predicted molar refractivity (Wildman–Crippen MR) is 314 cm³/mol. The molecular formula is C70H55BN4. The van der Waals surface area contributed by atoms with Gasteiger partial charge in [0.1, 0.15) is 0 Å². The van der Waals surface area contributed by atoms with Crippen LogP contribution in [0.1, 0.15) is 87.2 Å². The molecule has 5 heterocycles. The first-order valence-corrected chi connectivity index (χ1v) is 27.7. The maximum absolute atomic E-state index is 5.56. The molecule has 16 rings (SSSR count). The highest BCUT2D eigenvalue weighted by Crippen LogP contribution is 2.48. The van der Waals surface area contributed by atoms with Crippen LogP contribution >= 0.6 is 0 Å². The molecule has 4 nitrogen and oxygen atoms in total. The Labute approximate surface area is 438 Å². The van der Waals surface area contributed by atoms with Crippen LogP contribution in [-0.4, -0.2) is 25.8 Å². The van der Waals surface area contributed by atoms with Crippen molar-refractivity contribution in [3.05, 3.63) is 211 Å². The lowest BCUT2D eigenvalue weighted by molar-refractivity contribution is 0.445. The van der Waals surface area contributed by atoms with E-state index in [2.05, 4.69) is 209 Å². The zero-order chi connectivity index (χ0) is 49.1. The summed E-state index contributed by atoms with van der Waals surface area (Å²) in [6.07, 6.45) is 12.7. The second-order valence-electron chi connectivity index (χ2n) is 22.0. The third-order valence-corrected chi connectivity index (χ3v) is 17.9. The Bertz CT molecular complexity index is 3970. The number of hydrogen-bond donors (Lipinski definition) is 0. The summed E-state index contributed by atoms with van der Waals surface area (Å²) in [7, 11) is 0. The van der Waals surface area contributed by atoms with Gasteiger partial charge in [-0.05, 0) is 130 Å². The fourth-order valence-electron chi connectivity index (χ4n) is 14.5. The molecule has 0 saturated heterocycles. The summed E-state index contributed by atoms with van der Waals surface area (Å²) in [4.78, 5) is 11.1. The number of nitrogens with zero attached hydrogens (tertiary/aromatic N) is 4. The highest BCUT2D eigenvalue weighted by atomic mass is 15.0. The first-order chi connectivity index (χ1) is 37.2. The smallest absolute Gasteiger partial charge is 0.252 e. The third-order valence-electron chi connectivity index (χ3n) is 17.9. The van der Waals surface area contributed by atoms with Crippen LogP contribution in [0.25, 0.3) is 111 Å². The molecule has 2 aliphatic carbocycles. The molecule has 12 aromatic rings. The molecule has 0 amide bonds. The quantitative estimate of drug-likeness (QED) is 0.149. The van der Waals surface area contributed by atoms with Crippen molar-refractivity contribution in [3.63, 3.8) is 0 Å². The van der Waals surface area contributed by atoms with Gasteiger partial charge in [0.05, 0.1) is 22.4 Å². The van der Waals surface area contributed by atoms with E-state index in [0.29, 0.717) is 11.8 Å². The summed E-state index contributed by atoms with van der Waals surface area (Å²) in [6.45, 7) is 0.0159. The molecule has 9 aromatic carbocycles. The maximum Gasteiger partial charge on any atom is 0.252 e. The van der Waals surface area contributed by atoms with Crippen LogP contribution in [0.5, 0.6) is 0 Å². The Morgan fingerprint density at radius 2 is 0.773 bits per heavy atom. The van der Waals surface area contributed by atoms with Crippen LogP contribution in [-0.2, 0) is 0 Å². The third kappa shape index (κ3) is 6.69. The Kier molecular flexibility index (Phi) is 9.87. The molecule has 75 heavy (non-hydrogen) atoms. The molecule has 3 aromatic heterocycles. The molecule has 0 radical (unpaired) electrons. The van der Waals surface area contributed by atoms with Crippen molar-refractivity contribution in [2.24, 2.45) is 0 Å². The number of aromatic nitrogens is 4. The van der Waals surface area contributed by atoms with E-state index >= 15 is 0 Å². The lowest BCUT2D eigenvalue weighted by Gasteiger charge is -2.35. The Balaban J connectivity index is 1.06. The molecule has 4 aliphatic rings. The fourth-order valence-corrected chi connectivity index (χ4v) is 14.5. The van der Waals surface area contributed by atoms with Crippen molar-refractivity contribution in [2.75, 3.05) is 0 Å². The van der Waals surface area contributed by atoms with E-state index in [-0.39, 0.29) is 6.71 Å². The van der Waals surface area contributed by atoms with Gasteiger partial charge in [-0.2, -0.15) is 0 Å². The molecule has 2 fully saturated rings. The van der Waals surface area contributed by atoms with Crippen molar-refractivity contribution in [1.29, 1.82) is 0 Å². The van der Waals surface area contributed by atoms with Crippen molar-refractivity contribution in [2.45, 2.75) is 76.0 Å². The van der Waals surface area contributed by atoms with Gasteiger partial charge in [0, 0.05) is 60.6 Å². The Morgan fingerprint density at radius 1 is 0.360 bits per heavy atom. The minimum absolute atomic E-state index is 0.0159. The second kappa shape index (κ2) is 17.1. The monoisotopic (exact) mass is 962 g/mol. The first kappa shape index (κ1) is 43.2. The van der Waals surface area contributed by atoms with Crippen molar-refractivity contribution in [1.82, 2.24) is 19.1 Å². The van der Waals surface area contributed by atoms with Crippen LogP contribution in [0.4, 0.5) is 0 Å². The lowest BCUT2D eigenvalue weighted by atomic mass is 9.34.